The Morgan fingerprint density at radius 1 is 1.19 bits per heavy atom. The number of benzene rings is 2. The Morgan fingerprint density at radius 2 is 1.93 bits per heavy atom. The van der Waals surface area contributed by atoms with Crippen molar-refractivity contribution < 1.29 is 4.79 Å². The maximum absolute atomic E-state index is 12.8. The third-order valence-electron chi connectivity index (χ3n) is 4.76. The van der Waals surface area contributed by atoms with Crippen LogP contribution >= 0.6 is 11.6 Å². The Hall–Kier alpha value is -2.79. The Morgan fingerprint density at radius 3 is 2.63 bits per heavy atom. The van der Waals surface area contributed by atoms with Crippen molar-refractivity contribution >= 4 is 34.2 Å². The predicted molar refractivity (Wildman–Crippen MR) is 108 cm³/mol. The molecule has 0 atom stereocenters. The van der Waals surface area contributed by atoms with Crippen molar-refractivity contribution in [2.24, 2.45) is 0 Å². The van der Waals surface area contributed by atoms with Crippen molar-refractivity contribution in [2.45, 2.75) is 32.4 Å². The standard InChI is InChI=1S/C21H20ClN3O2/c1-13-2-9-19-14(10-13)11-15(20(26)24-19)12-25(18-7-8-18)21(27)23-17-5-3-16(22)4-6-17/h2-6,9-11,18H,7-8,12H2,1H3,(H,23,27)(H,24,26). The summed E-state index contributed by atoms with van der Waals surface area (Å²) in [6.07, 6.45) is 1.91. The number of fused-ring (bicyclic) bond motifs is 1. The minimum atomic E-state index is -0.205. The normalized spacial score (nSPS) is 13.6. The molecule has 1 aliphatic rings. The molecule has 0 radical (unpaired) electrons. The summed E-state index contributed by atoms with van der Waals surface area (Å²) in [6, 6.07) is 14.7. The summed E-state index contributed by atoms with van der Waals surface area (Å²) in [4.78, 5) is 29.9. The van der Waals surface area contributed by atoms with Crippen molar-refractivity contribution in [1.82, 2.24) is 9.88 Å². The highest BCUT2D eigenvalue weighted by Gasteiger charge is 2.33. The number of nitrogens with one attached hydrogen (secondary N) is 2. The number of carbonyl (C=O) groups excluding carboxylic acids is 1. The molecule has 1 aromatic heterocycles. The number of anilines is 1. The van der Waals surface area contributed by atoms with Crippen LogP contribution in [0.25, 0.3) is 10.9 Å². The molecule has 3 aromatic rings. The fraction of sp³-hybridized carbons (Fsp3) is 0.238. The lowest BCUT2D eigenvalue weighted by Crippen LogP contribution is -2.37. The number of halogens is 1. The van der Waals surface area contributed by atoms with E-state index in [1.807, 2.05) is 31.2 Å². The molecule has 0 aliphatic heterocycles. The summed E-state index contributed by atoms with van der Waals surface area (Å²) in [6.45, 7) is 2.30. The molecule has 1 fully saturated rings. The molecule has 0 spiro atoms. The van der Waals surface area contributed by atoms with E-state index in [9.17, 15) is 9.59 Å². The highest BCUT2D eigenvalue weighted by atomic mass is 35.5. The van der Waals surface area contributed by atoms with Crippen molar-refractivity contribution in [3.8, 4) is 0 Å². The minimum absolute atomic E-state index is 0.156. The molecule has 2 N–H and O–H groups in total. The van der Waals surface area contributed by atoms with Crippen LogP contribution in [0, 0.1) is 6.92 Å². The van der Waals surface area contributed by atoms with Gasteiger partial charge in [-0.15, -0.1) is 0 Å². The molecule has 2 aromatic carbocycles. The molecular weight excluding hydrogens is 362 g/mol. The van der Waals surface area contributed by atoms with Crippen LogP contribution in [0.1, 0.15) is 24.0 Å². The van der Waals surface area contributed by atoms with Crippen LogP contribution in [0.3, 0.4) is 0 Å². The average Bonchev–Trinajstić information content (AvgIpc) is 3.47. The summed E-state index contributed by atoms with van der Waals surface area (Å²) < 4.78 is 0. The van der Waals surface area contributed by atoms with E-state index in [-0.39, 0.29) is 24.2 Å². The van der Waals surface area contributed by atoms with Gasteiger partial charge in [0.15, 0.2) is 0 Å². The molecule has 138 valence electrons. The van der Waals surface area contributed by atoms with Gasteiger partial charge in [0.05, 0.1) is 6.54 Å². The van der Waals surface area contributed by atoms with Gasteiger partial charge in [-0.3, -0.25) is 4.79 Å². The topological polar surface area (TPSA) is 65.2 Å². The second kappa shape index (κ2) is 7.08. The number of nitrogens with zero attached hydrogens (tertiary/aromatic N) is 1. The molecule has 0 saturated heterocycles. The lowest BCUT2D eigenvalue weighted by Gasteiger charge is -2.23. The second-order valence-electron chi connectivity index (χ2n) is 7.01. The van der Waals surface area contributed by atoms with Gasteiger partial charge in [0, 0.05) is 27.8 Å². The van der Waals surface area contributed by atoms with Gasteiger partial charge in [-0.25, -0.2) is 4.79 Å². The summed E-state index contributed by atoms with van der Waals surface area (Å²) in [5.41, 5.74) is 3.04. The van der Waals surface area contributed by atoms with Crippen molar-refractivity contribution in [1.29, 1.82) is 0 Å². The Labute approximate surface area is 162 Å². The first kappa shape index (κ1) is 17.6. The Bertz CT molecular complexity index is 1060. The van der Waals surface area contributed by atoms with E-state index in [2.05, 4.69) is 10.3 Å². The highest BCUT2D eigenvalue weighted by molar-refractivity contribution is 6.30. The summed E-state index contributed by atoms with van der Waals surface area (Å²) in [5.74, 6) is 0. The van der Waals surface area contributed by atoms with Gasteiger partial charge in [0.1, 0.15) is 0 Å². The number of urea groups is 1. The fourth-order valence-corrected chi connectivity index (χ4v) is 3.28. The smallest absolute Gasteiger partial charge is 0.322 e. The first-order chi connectivity index (χ1) is 13.0. The Balaban J connectivity index is 1.59. The zero-order valence-corrected chi connectivity index (χ0v) is 15.7. The number of rotatable bonds is 4. The third-order valence-corrected chi connectivity index (χ3v) is 5.01. The van der Waals surface area contributed by atoms with Crippen LogP contribution < -0.4 is 10.9 Å². The molecule has 4 rings (SSSR count). The van der Waals surface area contributed by atoms with Gasteiger partial charge in [0.2, 0.25) is 0 Å². The van der Waals surface area contributed by atoms with Gasteiger partial charge in [-0.2, -0.15) is 0 Å². The molecule has 1 aliphatic carbocycles. The predicted octanol–water partition coefficient (Wildman–Crippen LogP) is 4.69. The largest absolute Gasteiger partial charge is 0.322 e. The minimum Gasteiger partial charge on any atom is -0.322 e. The van der Waals surface area contributed by atoms with Crippen LogP contribution in [-0.4, -0.2) is 22.0 Å². The van der Waals surface area contributed by atoms with E-state index in [0.717, 1.165) is 29.3 Å². The first-order valence-corrected chi connectivity index (χ1v) is 9.33. The van der Waals surface area contributed by atoms with Crippen molar-refractivity contribution in [3.05, 3.63) is 75.0 Å². The van der Waals surface area contributed by atoms with Crippen molar-refractivity contribution in [2.75, 3.05) is 5.32 Å². The quantitative estimate of drug-likeness (QED) is 0.688. The van der Waals surface area contributed by atoms with Crippen LogP contribution in [0.2, 0.25) is 5.02 Å². The van der Waals surface area contributed by atoms with Crippen LogP contribution in [0.15, 0.2) is 53.3 Å². The summed E-state index contributed by atoms with van der Waals surface area (Å²) in [7, 11) is 0. The Kier molecular flexibility index (Phi) is 4.62. The number of hydrogen-bond acceptors (Lipinski definition) is 2. The lowest BCUT2D eigenvalue weighted by atomic mass is 10.1. The van der Waals surface area contributed by atoms with Gasteiger partial charge in [-0.05, 0) is 67.6 Å². The zero-order chi connectivity index (χ0) is 19.0. The highest BCUT2D eigenvalue weighted by Crippen LogP contribution is 2.29. The first-order valence-electron chi connectivity index (χ1n) is 8.95. The number of carbonyl (C=O) groups is 1. The molecule has 0 bridgehead atoms. The number of aryl methyl sites for hydroxylation is 1. The van der Waals surface area contributed by atoms with Gasteiger partial charge < -0.3 is 15.2 Å². The maximum atomic E-state index is 12.8. The third kappa shape index (κ3) is 3.98. The fourth-order valence-electron chi connectivity index (χ4n) is 3.15. The van der Waals surface area contributed by atoms with E-state index >= 15 is 0 Å². The van der Waals surface area contributed by atoms with Crippen LogP contribution in [-0.2, 0) is 6.54 Å². The van der Waals surface area contributed by atoms with E-state index in [1.54, 1.807) is 29.2 Å². The molecule has 6 heteroatoms. The maximum Gasteiger partial charge on any atom is 0.322 e. The molecule has 1 saturated carbocycles. The SMILES string of the molecule is Cc1ccc2[nH]c(=O)c(CN(C(=O)Nc3ccc(Cl)cc3)C3CC3)cc2c1. The molecule has 0 unspecified atom stereocenters. The number of aromatic nitrogens is 1. The van der Waals surface area contributed by atoms with E-state index in [0.29, 0.717) is 16.3 Å². The van der Waals surface area contributed by atoms with E-state index in [4.69, 9.17) is 11.6 Å². The lowest BCUT2D eigenvalue weighted by molar-refractivity contribution is 0.206. The number of amides is 2. The summed E-state index contributed by atoms with van der Waals surface area (Å²) >= 11 is 5.89. The molecule has 5 nitrogen and oxygen atoms in total. The second-order valence-corrected chi connectivity index (χ2v) is 7.45. The number of hydrogen-bond donors (Lipinski definition) is 2. The average molecular weight is 382 g/mol. The van der Waals surface area contributed by atoms with Gasteiger partial charge >= 0.3 is 6.03 Å². The van der Waals surface area contributed by atoms with Crippen molar-refractivity contribution in [3.63, 3.8) is 0 Å². The van der Waals surface area contributed by atoms with Crippen LogP contribution in [0.5, 0.6) is 0 Å². The number of aromatic amines is 1. The number of H-pyrrole nitrogens is 1. The summed E-state index contributed by atoms with van der Waals surface area (Å²) in [5, 5.41) is 4.48. The monoisotopic (exact) mass is 381 g/mol. The zero-order valence-electron chi connectivity index (χ0n) is 15.0. The van der Waals surface area contributed by atoms with E-state index in [1.165, 1.54) is 0 Å². The molecule has 27 heavy (non-hydrogen) atoms. The molecular formula is C21H20ClN3O2. The van der Waals surface area contributed by atoms with E-state index < -0.39 is 0 Å². The molecule has 1 heterocycles. The number of pyridine rings is 1. The molecule has 2 amide bonds. The van der Waals surface area contributed by atoms with Gasteiger partial charge in [0.25, 0.3) is 5.56 Å². The van der Waals surface area contributed by atoms with Gasteiger partial charge in [-0.1, -0.05) is 23.2 Å². The van der Waals surface area contributed by atoms with Crippen LogP contribution in [0.4, 0.5) is 10.5 Å².